The molecule has 390 valence electrons. The molecule has 0 radical (unpaired) electrons. The SMILES string of the molecule is COc1cc(/C=C/C(=O)OCC2OC(Oc3cc4c(OC5OC(COC(=O)CC(=O)O)C(O)C(O)C5O)cc(O)cc4[o+]c3-c3ccc(O)cc3)C(OC3OC(CO)C(O)C(O)C3O)C(O)C2O)ccc1O. The average Bonchev–Trinajstić information content (AvgIpc) is 3.35. The molecule has 26 heteroatoms. The third kappa shape index (κ3) is 12.0. The fraction of sp³-hybridized carbons (Fsp3) is 0.435. The van der Waals surface area contributed by atoms with E-state index in [-0.39, 0.29) is 51.0 Å². The number of aromatic hydroxyl groups is 3. The molecule has 72 heavy (non-hydrogen) atoms. The summed E-state index contributed by atoms with van der Waals surface area (Å²) in [5, 5.41) is 137. The van der Waals surface area contributed by atoms with Gasteiger partial charge in [0.25, 0.3) is 0 Å². The van der Waals surface area contributed by atoms with Crippen LogP contribution < -0.4 is 14.2 Å². The molecule has 4 heterocycles. The summed E-state index contributed by atoms with van der Waals surface area (Å²) in [5.41, 5.74) is 0.412. The minimum absolute atomic E-state index is 0.113. The lowest BCUT2D eigenvalue weighted by Gasteiger charge is -2.45. The Kier molecular flexibility index (Phi) is 17.0. The van der Waals surface area contributed by atoms with Crippen molar-refractivity contribution in [3.63, 3.8) is 0 Å². The zero-order valence-corrected chi connectivity index (χ0v) is 37.5. The van der Waals surface area contributed by atoms with Crippen molar-refractivity contribution >= 4 is 35.0 Å². The molecule has 13 N–H and O–H groups in total. The number of aliphatic carboxylic acids is 1. The topological polar surface area (TPSA) is 409 Å². The number of hydrogen-bond acceptors (Lipinski definition) is 24. The van der Waals surface area contributed by atoms with Crippen molar-refractivity contribution < 1.29 is 128 Å². The third-order valence-electron chi connectivity index (χ3n) is 11.6. The molecule has 3 saturated heterocycles. The molecule has 15 unspecified atom stereocenters. The maximum absolute atomic E-state index is 12.9. The number of phenols is 3. The van der Waals surface area contributed by atoms with Gasteiger partial charge in [0.1, 0.15) is 109 Å². The molecule has 3 aromatic carbocycles. The lowest BCUT2D eigenvalue weighted by Crippen LogP contribution is -2.65. The highest BCUT2D eigenvalue weighted by atomic mass is 16.8. The highest BCUT2D eigenvalue weighted by Gasteiger charge is 2.52. The van der Waals surface area contributed by atoms with Gasteiger partial charge in [-0.15, -0.1) is 0 Å². The third-order valence-corrected chi connectivity index (χ3v) is 11.6. The van der Waals surface area contributed by atoms with E-state index in [0.717, 1.165) is 18.2 Å². The lowest BCUT2D eigenvalue weighted by atomic mass is 9.97. The molecular weight excluding hydrogens is 968 g/mol. The predicted molar refractivity (Wildman–Crippen MR) is 235 cm³/mol. The predicted octanol–water partition coefficient (Wildman–Crippen LogP) is -2.02. The van der Waals surface area contributed by atoms with Gasteiger partial charge in [0.2, 0.25) is 18.3 Å². The summed E-state index contributed by atoms with van der Waals surface area (Å²) in [6.45, 7) is -2.44. The van der Waals surface area contributed by atoms with Crippen molar-refractivity contribution in [2.75, 3.05) is 26.9 Å². The molecule has 0 spiro atoms. The standard InChI is InChI=1S/C46H50O26/c1-63-26-10-18(2-8-23(26)50)3-9-32(53)64-16-30-36(57)39(60)43(72-45-41(62)37(58)34(55)28(15-47)69-45)46(71-30)68-27-13-22-24(66-42(27)19-4-6-20(48)7-5-19)11-21(49)12-25(22)67-44-40(61)38(59)35(56)29(70-44)17-65-33(54)14-31(51)52/h2-13,28-30,34-41,43-47,55-62H,14-17H2,1H3,(H3-,48,49,50,51,52,53)/p+1. The molecule has 3 aliphatic rings. The number of carboxylic acid groups (broad SMARTS) is 1. The van der Waals surface area contributed by atoms with Crippen LogP contribution in [0.15, 0.2) is 71.2 Å². The number of aliphatic hydroxyl groups is 9. The Morgan fingerprint density at radius 1 is 0.639 bits per heavy atom. The van der Waals surface area contributed by atoms with E-state index in [9.17, 15) is 75.7 Å². The molecular formula is C46H51O26+. The molecule has 3 aliphatic heterocycles. The molecule has 0 bridgehead atoms. The Hall–Kier alpha value is -6.50. The number of benzene rings is 3. The van der Waals surface area contributed by atoms with E-state index in [0.29, 0.717) is 5.56 Å². The number of carbonyl (C=O) groups excluding carboxylic acids is 2. The van der Waals surface area contributed by atoms with Crippen LogP contribution in [-0.2, 0) is 42.8 Å². The number of fused-ring (bicyclic) bond motifs is 1. The number of rotatable bonds is 17. The zero-order chi connectivity index (χ0) is 52.1. The number of methoxy groups -OCH3 is 1. The van der Waals surface area contributed by atoms with Gasteiger partial charge in [-0.1, -0.05) is 6.07 Å². The van der Waals surface area contributed by atoms with Crippen LogP contribution >= 0.6 is 0 Å². The summed E-state index contributed by atoms with van der Waals surface area (Å²) in [5.74, 6) is -5.36. The van der Waals surface area contributed by atoms with Crippen molar-refractivity contribution in [1.82, 2.24) is 0 Å². The highest BCUT2D eigenvalue weighted by Crippen LogP contribution is 2.43. The van der Waals surface area contributed by atoms with Gasteiger partial charge in [-0.05, 0) is 48.0 Å². The first-order valence-corrected chi connectivity index (χ1v) is 21.8. The minimum atomic E-state index is -2.09. The van der Waals surface area contributed by atoms with Crippen molar-refractivity contribution in [2.24, 2.45) is 0 Å². The molecule has 0 amide bonds. The number of phenolic OH excluding ortho intramolecular Hbond substituents is 3. The molecule has 26 nitrogen and oxygen atoms in total. The fourth-order valence-corrected chi connectivity index (χ4v) is 7.71. The summed E-state index contributed by atoms with van der Waals surface area (Å²) < 4.78 is 57.0. The summed E-state index contributed by atoms with van der Waals surface area (Å²) in [6.07, 6.45) is -27.1. The van der Waals surface area contributed by atoms with Gasteiger partial charge in [-0.2, -0.15) is 0 Å². The van der Waals surface area contributed by atoms with Crippen LogP contribution in [0, 0.1) is 0 Å². The normalized spacial score (nSPS) is 30.7. The minimum Gasteiger partial charge on any atom is -0.508 e. The molecule has 1 aromatic heterocycles. The Morgan fingerprint density at radius 2 is 1.25 bits per heavy atom. The number of hydrogen-bond donors (Lipinski definition) is 13. The Labute approximate surface area is 405 Å². The van der Waals surface area contributed by atoms with Crippen LogP contribution in [0.25, 0.3) is 28.4 Å². The van der Waals surface area contributed by atoms with Gasteiger partial charge in [-0.3, -0.25) is 9.59 Å². The lowest BCUT2D eigenvalue weighted by molar-refractivity contribution is -0.357. The summed E-state index contributed by atoms with van der Waals surface area (Å²) >= 11 is 0. The van der Waals surface area contributed by atoms with Crippen molar-refractivity contribution in [1.29, 1.82) is 0 Å². The van der Waals surface area contributed by atoms with Crippen LogP contribution in [0.3, 0.4) is 0 Å². The monoisotopic (exact) mass is 1020 g/mol. The summed E-state index contributed by atoms with van der Waals surface area (Å²) in [4.78, 5) is 35.8. The largest absolute Gasteiger partial charge is 0.508 e. The second kappa shape index (κ2) is 22.9. The van der Waals surface area contributed by atoms with E-state index in [1.165, 1.54) is 61.7 Å². The number of esters is 2. The van der Waals surface area contributed by atoms with Crippen LogP contribution in [0.2, 0.25) is 0 Å². The first-order valence-electron chi connectivity index (χ1n) is 21.8. The van der Waals surface area contributed by atoms with Crippen LogP contribution in [0.1, 0.15) is 12.0 Å². The second-order valence-corrected chi connectivity index (χ2v) is 16.6. The number of aliphatic hydroxyl groups excluding tert-OH is 9. The smallest absolute Gasteiger partial charge is 0.402 e. The van der Waals surface area contributed by atoms with Gasteiger partial charge in [0.05, 0.1) is 25.3 Å². The van der Waals surface area contributed by atoms with Crippen molar-refractivity contribution in [2.45, 2.75) is 98.5 Å². The van der Waals surface area contributed by atoms with E-state index in [1.54, 1.807) is 0 Å². The van der Waals surface area contributed by atoms with Crippen LogP contribution in [0.5, 0.6) is 34.5 Å². The zero-order valence-electron chi connectivity index (χ0n) is 37.5. The quantitative estimate of drug-likeness (QED) is 0.0235. The van der Waals surface area contributed by atoms with Gasteiger partial charge in [-0.25, -0.2) is 9.21 Å². The summed E-state index contributed by atoms with van der Waals surface area (Å²) in [6, 6.07) is 12.9. The van der Waals surface area contributed by atoms with Crippen molar-refractivity contribution in [3.8, 4) is 45.8 Å². The Balaban J connectivity index is 1.24. The Bertz CT molecular complexity index is 2570. The van der Waals surface area contributed by atoms with Crippen LogP contribution in [0.4, 0.5) is 0 Å². The molecule has 7 rings (SSSR count). The second-order valence-electron chi connectivity index (χ2n) is 16.6. The first kappa shape index (κ1) is 53.3. The average molecular weight is 1020 g/mol. The van der Waals surface area contributed by atoms with E-state index in [2.05, 4.69) is 0 Å². The fourth-order valence-electron chi connectivity index (χ4n) is 7.71. The van der Waals surface area contributed by atoms with Crippen molar-refractivity contribution in [3.05, 3.63) is 72.3 Å². The number of carbonyl (C=O) groups is 3. The molecule has 15 atom stereocenters. The van der Waals surface area contributed by atoms with E-state index in [1.807, 2.05) is 0 Å². The highest BCUT2D eigenvalue weighted by molar-refractivity contribution is 5.90. The van der Waals surface area contributed by atoms with Gasteiger partial charge < -0.3 is 109 Å². The molecule has 4 aromatic rings. The first-order chi connectivity index (χ1) is 34.3. The molecule has 0 aliphatic carbocycles. The van der Waals surface area contributed by atoms with Crippen LogP contribution in [-0.4, -0.2) is 203 Å². The van der Waals surface area contributed by atoms with Gasteiger partial charge in [0.15, 0.2) is 23.9 Å². The molecule has 3 fully saturated rings. The Morgan fingerprint density at radius 3 is 1.92 bits per heavy atom. The van der Waals surface area contributed by atoms with Gasteiger partial charge in [0, 0.05) is 18.2 Å². The maximum Gasteiger partial charge on any atom is 0.402 e. The van der Waals surface area contributed by atoms with E-state index < -0.39 is 142 Å². The number of carboxylic acids is 1. The van der Waals surface area contributed by atoms with E-state index in [4.69, 9.17) is 52.2 Å². The summed E-state index contributed by atoms with van der Waals surface area (Å²) in [7, 11) is 1.33. The molecule has 0 saturated carbocycles. The maximum atomic E-state index is 12.9. The van der Waals surface area contributed by atoms with Gasteiger partial charge >= 0.3 is 29.3 Å². The number of ether oxygens (including phenoxy) is 9. The van der Waals surface area contributed by atoms with E-state index >= 15 is 0 Å².